The van der Waals surface area contributed by atoms with Gasteiger partial charge in [-0.3, -0.25) is 4.79 Å². The number of nitrogens with two attached hydrogens (primary N) is 1. The minimum atomic E-state index is 0.0956. The molecule has 0 saturated heterocycles. The molecule has 0 aromatic heterocycles. The molecule has 3 heteroatoms. The number of hydrogen-bond donors (Lipinski definition) is 1. The third-order valence-electron chi connectivity index (χ3n) is 4.01. The Hall–Kier alpha value is -0.570. The average Bonchev–Trinajstić information content (AvgIpc) is 3.14. The highest BCUT2D eigenvalue weighted by molar-refractivity contribution is 5.76. The molecule has 1 aliphatic carbocycles. The number of hydrogen-bond acceptors (Lipinski definition) is 2. The van der Waals surface area contributed by atoms with E-state index in [0.717, 1.165) is 25.9 Å². The predicted octanol–water partition coefficient (Wildman–Crippen LogP) is 2.40. The number of carbonyl (C=O) groups is 1. The highest BCUT2D eigenvalue weighted by Gasteiger charge is 2.30. The molecule has 3 nitrogen and oxygen atoms in total. The maximum absolute atomic E-state index is 12.1. The summed E-state index contributed by atoms with van der Waals surface area (Å²) in [6.07, 6.45) is 5.27. The lowest BCUT2D eigenvalue weighted by molar-refractivity contribution is -0.132. The molecule has 0 radical (unpaired) electrons. The monoisotopic (exact) mass is 240 g/mol. The maximum atomic E-state index is 12.1. The zero-order chi connectivity index (χ0) is 12.8. The second kappa shape index (κ2) is 7.00. The first-order valence-electron chi connectivity index (χ1n) is 7.15. The van der Waals surface area contributed by atoms with Gasteiger partial charge in [0.2, 0.25) is 5.91 Å². The van der Waals surface area contributed by atoms with Gasteiger partial charge in [-0.1, -0.05) is 26.7 Å². The van der Waals surface area contributed by atoms with Crippen LogP contribution in [-0.4, -0.2) is 29.9 Å². The van der Waals surface area contributed by atoms with Crippen LogP contribution in [0.3, 0.4) is 0 Å². The van der Waals surface area contributed by atoms with Crippen molar-refractivity contribution in [3.63, 3.8) is 0 Å². The molecule has 0 aromatic rings. The number of amides is 1. The Morgan fingerprint density at radius 1 is 1.29 bits per heavy atom. The van der Waals surface area contributed by atoms with Crippen LogP contribution in [0.2, 0.25) is 0 Å². The van der Waals surface area contributed by atoms with Gasteiger partial charge in [0.15, 0.2) is 0 Å². The van der Waals surface area contributed by atoms with Crippen LogP contribution in [0.25, 0.3) is 0 Å². The van der Waals surface area contributed by atoms with Gasteiger partial charge in [0, 0.05) is 25.6 Å². The van der Waals surface area contributed by atoms with Crippen LogP contribution in [0.4, 0.5) is 0 Å². The van der Waals surface area contributed by atoms with Crippen molar-refractivity contribution >= 4 is 5.91 Å². The van der Waals surface area contributed by atoms with Crippen molar-refractivity contribution in [2.75, 3.05) is 13.1 Å². The molecule has 0 aliphatic heterocycles. The van der Waals surface area contributed by atoms with E-state index in [-0.39, 0.29) is 11.9 Å². The second-order valence-corrected chi connectivity index (χ2v) is 5.32. The van der Waals surface area contributed by atoms with Crippen LogP contribution in [0, 0.1) is 11.8 Å². The normalized spacial score (nSPS) is 17.2. The molecule has 1 fully saturated rings. The maximum Gasteiger partial charge on any atom is 0.224 e. The lowest BCUT2D eigenvalue weighted by Gasteiger charge is -2.26. The zero-order valence-corrected chi connectivity index (χ0v) is 11.6. The van der Waals surface area contributed by atoms with Crippen molar-refractivity contribution in [1.29, 1.82) is 0 Å². The lowest BCUT2D eigenvalue weighted by Crippen LogP contribution is -2.39. The van der Waals surface area contributed by atoms with Gasteiger partial charge in [0.1, 0.15) is 0 Å². The van der Waals surface area contributed by atoms with E-state index >= 15 is 0 Å². The van der Waals surface area contributed by atoms with Gasteiger partial charge < -0.3 is 10.6 Å². The molecule has 1 rings (SSSR count). The van der Waals surface area contributed by atoms with E-state index in [9.17, 15) is 4.79 Å². The van der Waals surface area contributed by atoms with Crippen LogP contribution in [-0.2, 0) is 4.79 Å². The van der Waals surface area contributed by atoms with Crippen molar-refractivity contribution in [2.24, 2.45) is 17.6 Å². The van der Waals surface area contributed by atoms with Crippen LogP contribution in [0.5, 0.6) is 0 Å². The molecule has 1 aliphatic rings. The number of carbonyl (C=O) groups excluding carboxylic acids is 1. The van der Waals surface area contributed by atoms with Gasteiger partial charge in [0.05, 0.1) is 0 Å². The summed E-state index contributed by atoms with van der Waals surface area (Å²) in [6.45, 7) is 8.17. The highest BCUT2D eigenvalue weighted by atomic mass is 16.2. The van der Waals surface area contributed by atoms with Gasteiger partial charge in [0.25, 0.3) is 0 Å². The highest BCUT2D eigenvalue weighted by Crippen LogP contribution is 2.33. The van der Waals surface area contributed by atoms with Gasteiger partial charge >= 0.3 is 0 Å². The van der Waals surface area contributed by atoms with Crippen LogP contribution < -0.4 is 5.73 Å². The fraction of sp³-hybridized carbons (Fsp3) is 0.929. The van der Waals surface area contributed by atoms with Crippen molar-refractivity contribution in [1.82, 2.24) is 4.90 Å². The molecule has 0 bridgehead atoms. The molecule has 100 valence electrons. The average molecular weight is 240 g/mol. The van der Waals surface area contributed by atoms with Gasteiger partial charge in [-0.15, -0.1) is 0 Å². The van der Waals surface area contributed by atoms with Crippen molar-refractivity contribution < 1.29 is 4.79 Å². The Morgan fingerprint density at radius 3 is 2.29 bits per heavy atom. The van der Waals surface area contributed by atoms with Gasteiger partial charge in [-0.25, -0.2) is 0 Å². The Kier molecular flexibility index (Phi) is 5.96. The van der Waals surface area contributed by atoms with E-state index < -0.39 is 0 Å². The molecule has 0 heterocycles. The largest absolute Gasteiger partial charge is 0.343 e. The molecule has 1 amide bonds. The molecular formula is C14H28N2O. The summed E-state index contributed by atoms with van der Waals surface area (Å²) < 4.78 is 0. The Bertz CT molecular complexity index is 234. The lowest BCUT2D eigenvalue weighted by atomic mass is 10.0. The van der Waals surface area contributed by atoms with Gasteiger partial charge in [-0.2, -0.15) is 0 Å². The minimum Gasteiger partial charge on any atom is -0.343 e. The first-order valence-corrected chi connectivity index (χ1v) is 7.15. The van der Waals surface area contributed by atoms with E-state index in [1.54, 1.807) is 0 Å². The number of nitrogens with zero attached hydrogens (tertiary/aromatic N) is 1. The quantitative estimate of drug-likeness (QED) is 0.708. The summed E-state index contributed by atoms with van der Waals surface area (Å²) in [6, 6.07) is 0.0956. The third kappa shape index (κ3) is 4.66. The van der Waals surface area contributed by atoms with Crippen LogP contribution in [0.1, 0.15) is 52.9 Å². The van der Waals surface area contributed by atoms with E-state index in [1.165, 1.54) is 12.8 Å². The third-order valence-corrected chi connectivity index (χ3v) is 4.01. The topological polar surface area (TPSA) is 46.3 Å². The Balaban J connectivity index is 2.39. The van der Waals surface area contributed by atoms with Crippen molar-refractivity contribution in [3.05, 3.63) is 0 Å². The summed E-state index contributed by atoms with van der Waals surface area (Å²) in [5, 5.41) is 0. The summed E-state index contributed by atoms with van der Waals surface area (Å²) in [5.41, 5.74) is 6.02. The smallest absolute Gasteiger partial charge is 0.224 e. The molecule has 17 heavy (non-hydrogen) atoms. The standard InChI is InChI=1S/C14H28N2O/c1-4-11(5-2)10-16(6-3)14(17)9-13(15)12-7-8-12/h11-13H,4-10,15H2,1-3H3. The van der Waals surface area contributed by atoms with E-state index in [4.69, 9.17) is 5.73 Å². The summed E-state index contributed by atoms with van der Waals surface area (Å²) in [7, 11) is 0. The molecule has 1 unspecified atom stereocenters. The molecule has 1 saturated carbocycles. The molecule has 2 N–H and O–H groups in total. The summed E-state index contributed by atoms with van der Waals surface area (Å²) in [5.74, 6) is 1.50. The Labute approximate surface area is 106 Å². The fourth-order valence-electron chi connectivity index (χ4n) is 2.29. The van der Waals surface area contributed by atoms with E-state index in [1.807, 2.05) is 4.90 Å². The fourth-order valence-corrected chi connectivity index (χ4v) is 2.29. The SMILES string of the molecule is CCC(CC)CN(CC)C(=O)CC(N)C1CC1. The second-order valence-electron chi connectivity index (χ2n) is 5.32. The Morgan fingerprint density at radius 2 is 1.88 bits per heavy atom. The van der Waals surface area contributed by atoms with Crippen LogP contribution >= 0.6 is 0 Å². The summed E-state index contributed by atoms with van der Waals surface area (Å²) >= 11 is 0. The first kappa shape index (κ1) is 14.5. The van der Waals surface area contributed by atoms with E-state index in [2.05, 4.69) is 20.8 Å². The summed E-state index contributed by atoms with van der Waals surface area (Å²) in [4.78, 5) is 14.1. The van der Waals surface area contributed by atoms with Crippen LogP contribution in [0.15, 0.2) is 0 Å². The van der Waals surface area contributed by atoms with E-state index in [0.29, 0.717) is 18.3 Å². The number of rotatable bonds is 8. The molecule has 0 spiro atoms. The predicted molar refractivity (Wildman–Crippen MR) is 71.6 cm³/mol. The zero-order valence-electron chi connectivity index (χ0n) is 11.6. The van der Waals surface area contributed by atoms with Crippen molar-refractivity contribution in [2.45, 2.75) is 58.9 Å². The van der Waals surface area contributed by atoms with Crippen molar-refractivity contribution in [3.8, 4) is 0 Å². The molecule has 1 atom stereocenters. The minimum absolute atomic E-state index is 0.0956. The first-order chi connectivity index (χ1) is 8.12. The molecular weight excluding hydrogens is 212 g/mol. The van der Waals surface area contributed by atoms with Gasteiger partial charge in [-0.05, 0) is 31.6 Å². The molecule has 0 aromatic carbocycles.